The van der Waals surface area contributed by atoms with Crippen molar-refractivity contribution in [3.8, 4) is 5.88 Å². The molecule has 2 amide bonds. The van der Waals surface area contributed by atoms with Crippen LogP contribution in [0.25, 0.3) is 0 Å². The van der Waals surface area contributed by atoms with E-state index in [0.29, 0.717) is 31.9 Å². The van der Waals surface area contributed by atoms with E-state index in [2.05, 4.69) is 10.4 Å². The lowest BCUT2D eigenvalue weighted by Crippen LogP contribution is -2.51. The van der Waals surface area contributed by atoms with Gasteiger partial charge in [0.25, 0.3) is 5.91 Å². The average Bonchev–Trinajstić information content (AvgIpc) is 3.07. The number of hydrogen-bond acceptors (Lipinski definition) is 5. The highest BCUT2D eigenvalue weighted by Crippen LogP contribution is 2.20. The molecule has 0 radical (unpaired) electrons. The fourth-order valence-electron chi connectivity index (χ4n) is 3.04. The molecule has 1 fully saturated rings. The molecule has 1 saturated heterocycles. The molecule has 27 heavy (non-hydrogen) atoms. The average molecular weight is 375 g/mol. The number of benzene rings is 1. The van der Waals surface area contributed by atoms with E-state index in [9.17, 15) is 14.0 Å². The molecule has 1 N–H and O–H groups in total. The molecule has 1 aliphatic rings. The molecule has 1 aliphatic heterocycles. The first kappa shape index (κ1) is 18.7. The number of nitrogens with zero attached hydrogens (tertiary/aromatic N) is 4. The van der Waals surface area contributed by atoms with Crippen molar-refractivity contribution in [1.82, 2.24) is 20.0 Å². The van der Waals surface area contributed by atoms with E-state index in [1.807, 2.05) is 4.90 Å². The number of aromatic nitrogens is 2. The molecule has 1 aromatic carbocycles. The number of amides is 2. The predicted octanol–water partition coefficient (Wildman–Crippen LogP) is 0.646. The number of nitrogens with one attached hydrogen (secondary N) is 1. The molecule has 2 aromatic rings. The van der Waals surface area contributed by atoms with Gasteiger partial charge in [0.1, 0.15) is 11.4 Å². The van der Waals surface area contributed by atoms with Crippen molar-refractivity contribution in [3.05, 3.63) is 41.8 Å². The van der Waals surface area contributed by atoms with Crippen molar-refractivity contribution < 1.29 is 18.7 Å². The van der Waals surface area contributed by atoms with Gasteiger partial charge in [-0.15, -0.1) is 5.10 Å². The fourth-order valence-corrected chi connectivity index (χ4v) is 3.04. The zero-order valence-electron chi connectivity index (χ0n) is 15.3. The lowest BCUT2D eigenvalue weighted by Gasteiger charge is -2.36. The van der Waals surface area contributed by atoms with Crippen LogP contribution in [0.1, 0.15) is 10.4 Å². The summed E-state index contributed by atoms with van der Waals surface area (Å²) in [5, 5.41) is 6.61. The standard InChI is InChI=1S/C18H22FN5O3/c1-22-12-13(18(21-22)27-2)17(26)20-11-16(25)24-9-7-23(8-10-24)15-6-4-3-5-14(15)19/h3-6,12H,7-11H2,1-2H3,(H,20,26). The van der Waals surface area contributed by atoms with Crippen LogP contribution in [0.3, 0.4) is 0 Å². The summed E-state index contributed by atoms with van der Waals surface area (Å²) in [5.41, 5.74) is 0.818. The first-order chi connectivity index (χ1) is 13.0. The number of piperazine rings is 1. The Labute approximate surface area is 156 Å². The summed E-state index contributed by atoms with van der Waals surface area (Å²) >= 11 is 0. The van der Waals surface area contributed by atoms with Crippen LogP contribution in [0.15, 0.2) is 30.5 Å². The molecule has 0 aliphatic carbocycles. The fraction of sp³-hybridized carbons (Fsp3) is 0.389. The van der Waals surface area contributed by atoms with Crippen LogP contribution in [-0.4, -0.2) is 66.3 Å². The number of rotatable bonds is 5. The predicted molar refractivity (Wildman–Crippen MR) is 97.3 cm³/mol. The van der Waals surface area contributed by atoms with Gasteiger partial charge in [0, 0.05) is 39.4 Å². The van der Waals surface area contributed by atoms with Crippen LogP contribution in [-0.2, 0) is 11.8 Å². The summed E-state index contributed by atoms with van der Waals surface area (Å²) in [6.07, 6.45) is 1.53. The normalized spacial score (nSPS) is 14.2. The quantitative estimate of drug-likeness (QED) is 0.830. The van der Waals surface area contributed by atoms with Crippen LogP contribution in [0.4, 0.5) is 10.1 Å². The SMILES string of the molecule is COc1nn(C)cc1C(=O)NCC(=O)N1CCN(c2ccccc2F)CC1. The van der Waals surface area contributed by atoms with Crippen LogP contribution in [0, 0.1) is 5.82 Å². The Hall–Kier alpha value is -3.10. The summed E-state index contributed by atoms with van der Waals surface area (Å²) in [4.78, 5) is 28.2. The largest absolute Gasteiger partial charge is 0.479 e. The van der Waals surface area contributed by atoms with Gasteiger partial charge < -0.3 is 19.9 Å². The van der Waals surface area contributed by atoms with Gasteiger partial charge in [0.2, 0.25) is 11.8 Å². The van der Waals surface area contributed by atoms with Crippen molar-refractivity contribution in [3.63, 3.8) is 0 Å². The van der Waals surface area contributed by atoms with Gasteiger partial charge in [0.05, 0.1) is 19.3 Å². The molecule has 1 aromatic heterocycles. The summed E-state index contributed by atoms with van der Waals surface area (Å²) in [6, 6.07) is 6.60. The van der Waals surface area contributed by atoms with Crippen molar-refractivity contribution in [2.45, 2.75) is 0 Å². The molecule has 0 bridgehead atoms. The van der Waals surface area contributed by atoms with Crippen LogP contribution in [0.5, 0.6) is 5.88 Å². The maximum atomic E-state index is 13.9. The minimum absolute atomic E-state index is 0.115. The third-order valence-corrected chi connectivity index (χ3v) is 4.46. The molecule has 0 saturated carbocycles. The van der Waals surface area contributed by atoms with Gasteiger partial charge >= 0.3 is 0 Å². The molecule has 144 valence electrons. The molecular formula is C18H22FN5O3. The number of halogens is 1. The zero-order chi connectivity index (χ0) is 19.4. The van der Waals surface area contributed by atoms with Gasteiger partial charge in [-0.25, -0.2) is 4.39 Å². The van der Waals surface area contributed by atoms with Gasteiger partial charge in [-0.05, 0) is 12.1 Å². The van der Waals surface area contributed by atoms with E-state index < -0.39 is 5.91 Å². The maximum absolute atomic E-state index is 13.9. The van der Waals surface area contributed by atoms with E-state index in [4.69, 9.17) is 4.74 Å². The third kappa shape index (κ3) is 4.18. The minimum Gasteiger partial charge on any atom is -0.479 e. The Morgan fingerprint density at radius 2 is 1.93 bits per heavy atom. The van der Waals surface area contributed by atoms with Gasteiger partial charge in [-0.3, -0.25) is 14.3 Å². The molecule has 0 unspecified atom stereocenters. The van der Waals surface area contributed by atoms with E-state index in [1.165, 1.54) is 24.1 Å². The number of carbonyl (C=O) groups excluding carboxylic acids is 2. The van der Waals surface area contributed by atoms with E-state index in [-0.39, 0.29) is 29.7 Å². The number of methoxy groups -OCH3 is 1. The Balaban J connectivity index is 1.51. The Morgan fingerprint density at radius 1 is 1.22 bits per heavy atom. The summed E-state index contributed by atoms with van der Waals surface area (Å²) in [5.74, 6) is -0.659. The minimum atomic E-state index is -0.418. The Bertz CT molecular complexity index is 830. The second kappa shape index (κ2) is 8.07. The summed E-state index contributed by atoms with van der Waals surface area (Å²) < 4.78 is 20.4. The smallest absolute Gasteiger partial charge is 0.258 e. The topological polar surface area (TPSA) is 79.7 Å². The van der Waals surface area contributed by atoms with E-state index in [1.54, 1.807) is 30.1 Å². The van der Waals surface area contributed by atoms with Gasteiger partial charge in [-0.1, -0.05) is 12.1 Å². The highest BCUT2D eigenvalue weighted by molar-refractivity contribution is 5.98. The first-order valence-electron chi connectivity index (χ1n) is 8.62. The number of para-hydroxylation sites is 1. The van der Waals surface area contributed by atoms with Crippen LogP contribution < -0.4 is 15.0 Å². The highest BCUT2D eigenvalue weighted by Gasteiger charge is 2.24. The zero-order valence-corrected chi connectivity index (χ0v) is 15.3. The van der Waals surface area contributed by atoms with E-state index >= 15 is 0 Å². The highest BCUT2D eigenvalue weighted by atomic mass is 19.1. The Morgan fingerprint density at radius 3 is 2.59 bits per heavy atom. The maximum Gasteiger partial charge on any atom is 0.258 e. The van der Waals surface area contributed by atoms with Gasteiger partial charge in [-0.2, -0.15) is 0 Å². The second-order valence-electron chi connectivity index (χ2n) is 6.23. The number of ether oxygens (including phenoxy) is 1. The number of anilines is 1. The number of hydrogen-bond donors (Lipinski definition) is 1. The molecule has 0 spiro atoms. The lowest BCUT2D eigenvalue weighted by atomic mass is 10.2. The monoisotopic (exact) mass is 375 g/mol. The van der Waals surface area contributed by atoms with Crippen molar-refractivity contribution in [2.75, 3.05) is 44.7 Å². The number of aryl methyl sites for hydroxylation is 1. The molecule has 2 heterocycles. The molecule has 9 heteroatoms. The first-order valence-corrected chi connectivity index (χ1v) is 8.62. The van der Waals surface area contributed by atoms with Crippen LogP contribution >= 0.6 is 0 Å². The van der Waals surface area contributed by atoms with Crippen LogP contribution in [0.2, 0.25) is 0 Å². The van der Waals surface area contributed by atoms with Gasteiger partial charge in [0.15, 0.2) is 0 Å². The van der Waals surface area contributed by atoms with Crippen molar-refractivity contribution in [1.29, 1.82) is 0 Å². The molecular weight excluding hydrogens is 353 g/mol. The lowest BCUT2D eigenvalue weighted by molar-refractivity contribution is -0.130. The van der Waals surface area contributed by atoms with Crippen molar-refractivity contribution >= 4 is 17.5 Å². The van der Waals surface area contributed by atoms with E-state index in [0.717, 1.165) is 0 Å². The number of carbonyl (C=O) groups is 2. The Kier molecular flexibility index (Phi) is 5.58. The molecule has 3 rings (SSSR count). The third-order valence-electron chi connectivity index (χ3n) is 4.46. The second-order valence-corrected chi connectivity index (χ2v) is 6.23. The molecule has 8 nitrogen and oxygen atoms in total. The summed E-state index contributed by atoms with van der Waals surface area (Å²) in [6.45, 7) is 1.91. The molecule has 0 atom stereocenters. The summed E-state index contributed by atoms with van der Waals surface area (Å²) in [7, 11) is 3.11. The van der Waals surface area contributed by atoms with Crippen molar-refractivity contribution in [2.24, 2.45) is 7.05 Å².